The van der Waals surface area contributed by atoms with Crippen LogP contribution in [0.1, 0.15) is 11.1 Å². The standard InChI is InChI=1S/C20H16ClFN2O6S2/c21-17-11-18(22)20(23(25)26)12-19(17)24(31(27,28)13-15-7-3-1-4-8-15)32(29,30)14-16-9-5-2-6-10-16/h1-12H,13-14H2. The first-order valence-corrected chi connectivity index (χ1v) is 12.6. The number of benzene rings is 3. The highest BCUT2D eigenvalue weighted by Gasteiger charge is 2.37. The molecule has 0 saturated heterocycles. The first-order valence-electron chi connectivity index (χ1n) is 8.98. The monoisotopic (exact) mass is 498 g/mol. The van der Waals surface area contributed by atoms with Gasteiger partial charge >= 0.3 is 5.69 Å². The largest absolute Gasteiger partial charge is 0.307 e. The maximum atomic E-state index is 14.0. The van der Waals surface area contributed by atoms with E-state index < -0.39 is 58.7 Å². The number of nitro benzene ring substituents is 1. The lowest BCUT2D eigenvalue weighted by atomic mass is 10.2. The highest BCUT2D eigenvalue weighted by molar-refractivity contribution is 8.09. The summed E-state index contributed by atoms with van der Waals surface area (Å²) in [6.45, 7) is 0. The van der Waals surface area contributed by atoms with Crippen LogP contribution in [-0.4, -0.2) is 21.8 Å². The molecule has 3 aromatic rings. The first kappa shape index (κ1) is 23.6. The minimum atomic E-state index is -4.67. The second-order valence-electron chi connectivity index (χ2n) is 6.69. The lowest BCUT2D eigenvalue weighted by Crippen LogP contribution is -2.39. The molecule has 0 unspecified atom stereocenters. The zero-order valence-electron chi connectivity index (χ0n) is 16.3. The van der Waals surface area contributed by atoms with Gasteiger partial charge in [0.2, 0.25) is 5.82 Å². The van der Waals surface area contributed by atoms with E-state index in [1.165, 1.54) is 24.3 Å². The Morgan fingerprint density at radius 2 is 1.28 bits per heavy atom. The van der Waals surface area contributed by atoms with E-state index in [2.05, 4.69) is 0 Å². The molecule has 0 aliphatic carbocycles. The third-order valence-corrected chi connectivity index (χ3v) is 8.76. The summed E-state index contributed by atoms with van der Waals surface area (Å²) in [5.41, 5.74) is -1.29. The molecule has 0 bridgehead atoms. The second kappa shape index (κ2) is 9.23. The minimum Gasteiger partial charge on any atom is -0.258 e. The van der Waals surface area contributed by atoms with Crippen molar-refractivity contribution < 1.29 is 26.1 Å². The molecule has 0 amide bonds. The fourth-order valence-corrected chi connectivity index (χ4v) is 7.36. The summed E-state index contributed by atoms with van der Waals surface area (Å²) in [6, 6.07) is 16.5. The lowest BCUT2D eigenvalue weighted by Gasteiger charge is -2.25. The van der Waals surface area contributed by atoms with E-state index in [1.54, 1.807) is 36.4 Å². The molecule has 0 N–H and O–H groups in total. The maximum absolute atomic E-state index is 14.0. The molecule has 0 fully saturated rings. The van der Waals surface area contributed by atoms with Crippen LogP contribution in [0.4, 0.5) is 15.8 Å². The molecule has 3 aromatic carbocycles. The SMILES string of the molecule is O=[N+]([O-])c1cc(N(S(=O)(=O)Cc2ccccc2)S(=O)(=O)Cc2ccccc2)c(Cl)cc1F. The number of nitrogens with zero attached hydrogens (tertiary/aromatic N) is 2. The van der Waals surface area contributed by atoms with Crippen LogP contribution in [0, 0.1) is 15.9 Å². The van der Waals surface area contributed by atoms with Crippen molar-refractivity contribution in [2.45, 2.75) is 11.5 Å². The van der Waals surface area contributed by atoms with Gasteiger partial charge in [0, 0.05) is 12.1 Å². The van der Waals surface area contributed by atoms with Crippen molar-refractivity contribution in [3.05, 3.63) is 105 Å². The Morgan fingerprint density at radius 3 is 1.69 bits per heavy atom. The van der Waals surface area contributed by atoms with Gasteiger partial charge in [-0.3, -0.25) is 10.1 Å². The third kappa shape index (κ3) is 5.23. The molecule has 12 heteroatoms. The van der Waals surface area contributed by atoms with Crippen molar-refractivity contribution in [2.24, 2.45) is 0 Å². The molecular formula is C20H16ClFN2O6S2. The van der Waals surface area contributed by atoms with E-state index >= 15 is 0 Å². The Bertz CT molecular complexity index is 1280. The molecule has 168 valence electrons. The molecule has 8 nitrogen and oxygen atoms in total. The van der Waals surface area contributed by atoms with Gasteiger partial charge in [0.25, 0.3) is 20.0 Å². The average molecular weight is 499 g/mol. The van der Waals surface area contributed by atoms with E-state index in [1.807, 2.05) is 0 Å². The van der Waals surface area contributed by atoms with Crippen LogP contribution in [-0.2, 0) is 31.6 Å². The van der Waals surface area contributed by atoms with Crippen molar-refractivity contribution in [3.8, 4) is 0 Å². The van der Waals surface area contributed by atoms with E-state index in [4.69, 9.17) is 11.6 Å². The van der Waals surface area contributed by atoms with Gasteiger partial charge in [0.05, 0.1) is 27.1 Å². The first-order chi connectivity index (χ1) is 15.0. The van der Waals surface area contributed by atoms with Gasteiger partial charge in [-0.25, -0.2) is 16.8 Å². The van der Waals surface area contributed by atoms with Crippen molar-refractivity contribution in [3.63, 3.8) is 0 Å². The quantitative estimate of drug-likeness (QED) is 0.338. The Kier molecular flexibility index (Phi) is 6.82. The van der Waals surface area contributed by atoms with E-state index in [9.17, 15) is 31.3 Å². The number of anilines is 1. The zero-order chi connectivity index (χ0) is 23.5. The van der Waals surface area contributed by atoms with Gasteiger partial charge in [-0.2, -0.15) is 8.10 Å². The Hall–Kier alpha value is -3.02. The maximum Gasteiger partial charge on any atom is 0.307 e. The Labute approximate surface area is 189 Å². The van der Waals surface area contributed by atoms with Gasteiger partial charge in [0.15, 0.2) is 0 Å². The number of hydrogen-bond acceptors (Lipinski definition) is 6. The van der Waals surface area contributed by atoms with Crippen LogP contribution in [0.2, 0.25) is 5.02 Å². The van der Waals surface area contributed by atoms with Crippen LogP contribution < -0.4 is 3.71 Å². The van der Waals surface area contributed by atoms with Gasteiger partial charge in [0.1, 0.15) is 0 Å². The summed E-state index contributed by atoms with van der Waals surface area (Å²) in [5, 5.41) is 10.6. The number of hydrogen-bond donors (Lipinski definition) is 0. The summed E-state index contributed by atoms with van der Waals surface area (Å²) in [5.74, 6) is -2.79. The molecule has 0 aliphatic heterocycles. The molecule has 0 aliphatic rings. The van der Waals surface area contributed by atoms with E-state index in [0.29, 0.717) is 12.1 Å². The van der Waals surface area contributed by atoms with Crippen molar-refractivity contribution >= 4 is 43.0 Å². The number of nitro groups is 1. The summed E-state index contributed by atoms with van der Waals surface area (Å²) >= 11 is 5.99. The topological polar surface area (TPSA) is 115 Å². The number of sulfonamides is 2. The fraction of sp³-hybridized carbons (Fsp3) is 0.100. The smallest absolute Gasteiger partial charge is 0.258 e. The minimum absolute atomic E-state index is 0.0504. The van der Waals surface area contributed by atoms with Crippen molar-refractivity contribution in [1.82, 2.24) is 0 Å². The highest BCUT2D eigenvalue weighted by Crippen LogP contribution is 2.37. The fourth-order valence-electron chi connectivity index (χ4n) is 2.97. The molecule has 0 saturated carbocycles. The average Bonchev–Trinajstić information content (AvgIpc) is 2.70. The summed E-state index contributed by atoms with van der Waals surface area (Å²) in [7, 11) is -9.34. The normalized spacial score (nSPS) is 11.8. The molecule has 0 heterocycles. The Morgan fingerprint density at radius 1 is 0.844 bits per heavy atom. The summed E-state index contributed by atoms with van der Waals surface area (Å²) in [4.78, 5) is 10.1. The predicted octanol–water partition coefficient (Wildman–Crippen LogP) is 4.25. The molecule has 0 aromatic heterocycles. The van der Waals surface area contributed by atoms with Gasteiger partial charge in [-0.05, 0) is 11.1 Å². The third-order valence-electron chi connectivity index (χ3n) is 4.30. The van der Waals surface area contributed by atoms with Crippen LogP contribution in [0.3, 0.4) is 0 Å². The second-order valence-corrected chi connectivity index (χ2v) is 11.0. The predicted molar refractivity (Wildman–Crippen MR) is 119 cm³/mol. The molecule has 0 radical (unpaired) electrons. The summed E-state index contributed by atoms with van der Waals surface area (Å²) in [6.07, 6.45) is 0. The van der Waals surface area contributed by atoms with Crippen molar-refractivity contribution in [2.75, 3.05) is 3.71 Å². The van der Waals surface area contributed by atoms with Gasteiger partial charge in [-0.1, -0.05) is 72.3 Å². The Balaban J connectivity index is 2.20. The molecular weight excluding hydrogens is 483 g/mol. The zero-order valence-corrected chi connectivity index (χ0v) is 18.6. The highest BCUT2D eigenvalue weighted by atomic mass is 35.5. The van der Waals surface area contributed by atoms with E-state index in [0.717, 1.165) is 0 Å². The van der Waals surface area contributed by atoms with Crippen molar-refractivity contribution in [1.29, 1.82) is 0 Å². The van der Waals surface area contributed by atoms with Gasteiger partial charge < -0.3 is 0 Å². The lowest BCUT2D eigenvalue weighted by molar-refractivity contribution is -0.387. The molecule has 3 rings (SSSR count). The molecule has 0 atom stereocenters. The molecule has 32 heavy (non-hydrogen) atoms. The molecule has 0 spiro atoms. The number of rotatable bonds is 8. The van der Waals surface area contributed by atoms with Gasteiger partial charge in [-0.15, -0.1) is 0 Å². The van der Waals surface area contributed by atoms with E-state index in [-0.39, 0.29) is 14.8 Å². The van der Waals surface area contributed by atoms with Crippen LogP contribution in [0.25, 0.3) is 0 Å². The van der Waals surface area contributed by atoms with Crippen LogP contribution >= 0.6 is 11.6 Å². The summed E-state index contributed by atoms with van der Waals surface area (Å²) < 4.78 is 67.2. The van der Waals surface area contributed by atoms with Crippen LogP contribution in [0.15, 0.2) is 72.8 Å². The number of halogens is 2. The van der Waals surface area contributed by atoms with Crippen LogP contribution in [0.5, 0.6) is 0 Å².